The smallest absolute Gasteiger partial charge is 0.185 e. The number of benzene rings is 1. The minimum atomic E-state index is -0.122. The molecule has 0 heterocycles. The maximum atomic E-state index is 11.1. The van der Waals surface area contributed by atoms with Crippen molar-refractivity contribution >= 4 is 27.4 Å². The van der Waals surface area contributed by atoms with E-state index in [2.05, 4.69) is 22.5 Å². The molecule has 1 rings (SSSR count). The maximum absolute atomic E-state index is 11.1. The highest BCUT2D eigenvalue weighted by molar-refractivity contribution is 9.10. The summed E-state index contributed by atoms with van der Waals surface area (Å²) in [6, 6.07) is 5.06. The topological polar surface area (TPSA) is 43.1 Å². The van der Waals surface area contributed by atoms with Crippen molar-refractivity contribution in [2.75, 3.05) is 5.73 Å². The molecule has 1 aromatic carbocycles. The van der Waals surface area contributed by atoms with Crippen LogP contribution in [-0.2, 0) is 0 Å². The Morgan fingerprint density at radius 3 is 2.67 bits per heavy atom. The molecule has 0 saturated carbocycles. The Labute approximate surface area is 79.2 Å². The van der Waals surface area contributed by atoms with E-state index in [-0.39, 0.29) is 5.78 Å². The van der Waals surface area contributed by atoms with Gasteiger partial charge in [0.2, 0.25) is 0 Å². The molecule has 0 aliphatic carbocycles. The van der Waals surface area contributed by atoms with Crippen LogP contribution in [0.3, 0.4) is 0 Å². The first kappa shape index (κ1) is 9.00. The van der Waals surface area contributed by atoms with Crippen LogP contribution in [0.4, 0.5) is 5.69 Å². The van der Waals surface area contributed by atoms with Crippen LogP contribution in [0.5, 0.6) is 0 Å². The molecule has 2 nitrogen and oxygen atoms in total. The second kappa shape index (κ2) is 3.54. The van der Waals surface area contributed by atoms with Crippen molar-refractivity contribution in [1.82, 2.24) is 0 Å². The second-order valence-electron chi connectivity index (χ2n) is 2.34. The Hall–Kier alpha value is -1.09. The summed E-state index contributed by atoms with van der Waals surface area (Å²) in [4.78, 5) is 11.1. The third-order valence-electron chi connectivity index (χ3n) is 1.39. The monoisotopic (exact) mass is 225 g/mol. The molecule has 0 fully saturated rings. The normalized spacial score (nSPS) is 9.42. The van der Waals surface area contributed by atoms with Crippen LogP contribution < -0.4 is 5.73 Å². The number of carbonyl (C=O) groups is 1. The molecule has 0 atom stereocenters. The van der Waals surface area contributed by atoms with Crippen molar-refractivity contribution < 1.29 is 4.79 Å². The summed E-state index contributed by atoms with van der Waals surface area (Å²) in [6.07, 6.45) is 1.27. The van der Waals surface area contributed by atoms with E-state index in [1.807, 2.05) is 0 Å². The fraction of sp³-hybridized carbons (Fsp3) is 0. The van der Waals surface area contributed by atoms with E-state index in [4.69, 9.17) is 5.73 Å². The summed E-state index contributed by atoms with van der Waals surface area (Å²) >= 11 is 3.24. The van der Waals surface area contributed by atoms with Gasteiger partial charge in [-0.05, 0) is 24.3 Å². The number of carbonyl (C=O) groups excluding carboxylic acids is 1. The minimum Gasteiger partial charge on any atom is -0.399 e. The van der Waals surface area contributed by atoms with Gasteiger partial charge in [0.05, 0.1) is 0 Å². The van der Waals surface area contributed by atoms with Gasteiger partial charge in [-0.1, -0.05) is 22.5 Å². The van der Waals surface area contributed by atoms with Crippen molar-refractivity contribution in [3.05, 3.63) is 40.9 Å². The van der Waals surface area contributed by atoms with Crippen LogP contribution in [-0.4, -0.2) is 5.78 Å². The minimum absolute atomic E-state index is 0.122. The predicted octanol–water partition coefficient (Wildman–Crippen LogP) is 2.40. The van der Waals surface area contributed by atoms with Gasteiger partial charge in [0.15, 0.2) is 5.78 Å². The van der Waals surface area contributed by atoms with E-state index < -0.39 is 0 Å². The molecule has 0 unspecified atom stereocenters. The van der Waals surface area contributed by atoms with Gasteiger partial charge in [-0.2, -0.15) is 0 Å². The quantitative estimate of drug-likeness (QED) is 0.478. The van der Waals surface area contributed by atoms with Gasteiger partial charge in [-0.15, -0.1) is 0 Å². The summed E-state index contributed by atoms with van der Waals surface area (Å²) in [7, 11) is 0. The zero-order valence-corrected chi connectivity index (χ0v) is 7.97. The van der Waals surface area contributed by atoms with Crippen LogP contribution >= 0.6 is 15.9 Å². The first-order chi connectivity index (χ1) is 5.63. The average Bonchev–Trinajstić information content (AvgIpc) is 2.01. The Morgan fingerprint density at radius 2 is 2.17 bits per heavy atom. The molecule has 62 valence electrons. The highest BCUT2D eigenvalue weighted by Crippen LogP contribution is 2.17. The van der Waals surface area contributed by atoms with Gasteiger partial charge in [0.1, 0.15) is 0 Å². The van der Waals surface area contributed by atoms with E-state index in [1.165, 1.54) is 6.08 Å². The highest BCUT2D eigenvalue weighted by atomic mass is 79.9. The number of nitrogens with two attached hydrogens (primary N) is 1. The second-order valence-corrected chi connectivity index (χ2v) is 3.26. The molecule has 1 aromatic rings. The molecule has 3 heteroatoms. The molecule has 2 N–H and O–H groups in total. The molecule has 0 aromatic heterocycles. The van der Waals surface area contributed by atoms with Crippen LogP contribution in [0, 0.1) is 0 Å². The maximum Gasteiger partial charge on any atom is 0.185 e. The molecule has 0 saturated heterocycles. The third-order valence-corrected chi connectivity index (χ3v) is 1.85. The Kier molecular flexibility index (Phi) is 2.65. The lowest BCUT2D eigenvalue weighted by Gasteiger charge is -1.99. The summed E-state index contributed by atoms with van der Waals surface area (Å²) in [5.74, 6) is -0.122. The Bertz CT molecular complexity index is 313. The van der Waals surface area contributed by atoms with Gasteiger partial charge in [-0.3, -0.25) is 4.79 Å². The number of halogens is 1. The molecule has 0 radical (unpaired) electrons. The lowest BCUT2D eigenvalue weighted by Crippen LogP contribution is -1.95. The molecular formula is C9H8BrNO. The summed E-state index contributed by atoms with van der Waals surface area (Å²) in [6.45, 7) is 3.39. The number of anilines is 1. The molecule has 0 spiro atoms. The number of hydrogen-bond acceptors (Lipinski definition) is 2. The molecule has 0 bridgehead atoms. The van der Waals surface area contributed by atoms with Crippen LogP contribution in [0.1, 0.15) is 10.4 Å². The molecule has 0 aliphatic rings. The molecule has 0 aliphatic heterocycles. The van der Waals surface area contributed by atoms with Gasteiger partial charge in [0.25, 0.3) is 0 Å². The SMILES string of the molecule is C=CC(=O)c1cc(N)cc(Br)c1. The molecular weight excluding hydrogens is 218 g/mol. The summed E-state index contributed by atoms with van der Waals surface area (Å²) in [5.41, 5.74) is 6.65. The average molecular weight is 226 g/mol. The van der Waals surface area contributed by atoms with E-state index in [1.54, 1.807) is 18.2 Å². The fourth-order valence-electron chi connectivity index (χ4n) is 0.872. The van der Waals surface area contributed by atoms with E-state index >= 15 is 0 Å². The van der Waals surface area contributed by atoms with Crippen molar-refractivity contribution in [1.29, 1.82) is 0 Å². The van der Waals surface area contributed by atoms with Crippen molar-refractivity contribution in [2.24, 2.45) is 0 Å². The van der Waals surface area contributed by atoms with E-state index in [0.29, 0.717) is 11.3 Å². The molecule has 0 amide bonds. The number of ketones is 1. The Morgan fingerprint density at radius 1 is 1.50 bits per heavy atom. The van der Waals surface area contributed by atoms with Crippen LogP contribution in [0.2, 0.25) is 0 Å². The fourth-order valence-corrected chi connectivity index (χ4v) is 1.38. The van der Waals surface area contributed by atoms with Crippen LogP contribution in [0.15, 0.2) is 35.3 Å². The standard InChI is InChI=1S/C9H8BrNO/c1-2-9(12)6-3-7(10)5-8(11)4-6/h2-5H,1,11H2. The van der Waals surface area contributed by atoms with E-state index in [9.17, 15) is 4.79 Å². The van der Waals surface area contributed by atoms with Gasteiger partial charge >= 0.3 is 0 Å². The van der Waals surface area contributed by atoms with Gasteiger partial charge < -0.3 is 5.73 Å². The third kappa shape index (κ3) is 1.95. The largest absolute Gasteiger partial charge is 0.399 e. The van der Waals surface area contributed by atoms with Gasteiger partial charge in [0, 0.05) is 15.7 Å². The number of allylic oxidation sites excluding steroid dienone is 1. The van der Waals surface area contributed by atoms with E-state index in [0.717, 1.165) is 4.47 Å². The lowest BCUT2D eigenvalue weighted by molar-refractivity contribution is 0.104. The Balaban J connectivity index is 3.17. The number of hydrogen-bond donors (Lipinski definition) is 1. The first-order valence-corrected chi connectivity index (χ1v) is 4.15. The van der Waals surface area contributed by atoms with Crippen molar-refractivity contribution in [2.45, 2.75) is 0 Å². The highest BCUT2D eigenvalue weighted by Gasteiger charge is 2.02. The summed E-state index contributed by atoms with van der Waals surface area (Å²) in [5, 5.41) is 0. The first-order valence-electron chi connectivity index (χ1n) is 3.36. The zero-order valence-electron chi connectivity index (χ0n) is 6.38. The van der Waals surface area contributed by atoms with Crippen molar-refractivity contribution in [3.8, 4) is 0 Å². The molecule has 12 heavy (non-hydrogen) atoms. The van der Waals surface area contributed by atoms with Crippen molar-refractivity contribution in [3.63, 3.8) is 0 Å². The van der Waals surface area contributed by atoms with Gasteiger partial charge in [-0.25, -0.2) is 0 Å². The number of rotatable bonds is 2. The zero-order chi connectivity index (χ0) is 9.14. The lowest BCUT2D eigenvalue weighted by atomic mass is 10.1. The number of nitrogen functional groups attached to an aromatic ring is 1. The summed E-state index contributed by atoms with van der Waals surface area (Å²) < 4.78 is 0.799. The van der Waals surface area contributed by atoms with Crippen LogP contribution in [0.25, 0.3) is 0 Å². The predicted molar refractivity (Wildman–Crippen MR) is 53.1 cm³/mol.